The van der Waals surface area contributed by atoms with Crippen LogP contribution in [0.3, 0.4) is 0 Å². The summed E-state index contributed by atoms with van der Waals surface area (Å²) in [6, 6.07) is 3.80. The Labute approximate surface area is 104 Å². The highest BCUT2D eigenvalue weighted by Crippen LogP contribution is 2.32. The Hall–Kier alpha value is -1.43. The van der Waals surface area contributed by atoms with Gasteiger partial charge in [0.1, 0.15) is 0 Å². The smallest absolute Gasteiger partial charge is 0.200 e. The molecule has 1 aliphatic carbocycles. The van der Waals surface area contributed by atoms with Crippen molar-refractivity contribution in [1.82, 2.24) is 25.3 Å². The summed E-state index contributed by atoms with van der Waals surface area (Å²) in [5.41, 5.74) is 0.659. The Morgan fingerprint density at radius 2 is 2.29 bits per heavy atom. The molecular weight excluding hydrogens is 240 g/mol. The first-order valence-corrected chi connectivity index (χ1v) is 6.06. The molecule has 0 N–H and O–H groups in total. The van der Waals surface area contributed by atoms with Gasteiger partial charge in [-0.1, -0.05) is 0 Å². The second-order valence-electron chi connectivity index (χ2n) is 4.53. The van der Waals surface area contributed by atoms with E-state index in [0.717, 1.165) is 25.2 Å². The van der Waals surface area contributed by atoms with Gasteiger partial charge in [0, 0.05) is 19.0 Å². The summed E-state index contributed by atoms with van der Waals surface area (Å²) in [7, 11) is 2.03. The van der Waals surface area contributed by atoms with Crippen LogP contribution < -0.4 is 4.90 Å². The van der Waals surface area contributed by atoms with Crippen molar-refractivity contribution in [3.63, 3.8) is 0 Å². The molecule has 2 heterocycles. The standard InChI is InChI=1S/C10H13ClN6/c1-16(6-7-4-8(11)5-7)10-3-2-9-12-14-15-17(9)13-10/h2-3,7-8H,4-6H2,1H3. The molecule has 0 amide bonds. The highest BCUT2D eigenvalue weighted by molar-refractivity contribution is 6.21. The number of hydrogen-bond acceptors (Lipinski definition) is 5. The van der Waals surface area contributed by atoms with Crippen LogP contribution in [0.2, 0.25) is 0 Å². The number of fused-ring (bicyclic) bond motifs is 1. The SMILES string of the molecule is CN(CC1CC(Cl)C1)c1ccc2nnnn2n1. The molecule has 0 aliphatic heterocycles. The van der Waals surface area contributed by atoms with E-state index < -0.39 is 0 Å². The Morgan fingerprint density at radius 1 is 1.47 bits per heavy atom. The zero-order chi connectivity index (χ0) is 11.8. The van der Waals surface area contributed by atoms with Crippen LogP contribution in [-0.2, 0) is 0 Å². The van der Waals surface area contributed by atoms with Crippen LogP contribution in [0.1, 0.15) is 12.8 Å². The molecule has 3 rings (SSSR count). The van der Waals surface area contributed by atoms with Gasteiger partial charge in [0.25, 0.3) is 0 Å². The maximum absolute atomic E-state index is 5.97. The molecule has 0 unspecified atom stereocenters. The summed E-state index contributed by atoms with van der Waals surface area (Å²) in [5, 5.41) is 15.9. The molecule has 2 aromatic rings. The van der Waals surface area contributed by atoms with E-state index in [2.05, 4.69) is 25.5 Å². The van der Waals surface area contributed by atoms with E-state index in [9.17, 15) is 0 Å². The van der Waals surface area contributed by atoms with Crippen molar-refractivity contribution in [2.45, 2.75) is 18.2 Å². The predicted octanol–water partition coefficient (Wildman–Crippen LogP) is 0.973. The van der Waals surface area contributed by atoms with Crippen molar-refractivity contribution in [3.05, 3.63) is 12.1 Å². The Kier molecular flexibility index (Phi) is 2.58. The molecule has 1 fully saturated rings. The van der Waals surface area contributed by atoms with Crippen LogP contribution >= 0.6 is 11.6 Å². The predicted molar refractivity (Wildman–Crippen MR) is 64.2 cm³/mol. The van der Waals surface area contributed by atoms with Crippen LogP contribution in [-0.4, -0.2) is 44.2 Å². The van der Waals surface area contributed by atoms with E-state index in [4.69, 9.17) is 11.6 Å². The lowest BCUT2D eigenvalue weighted by Gasteiger charge is -2.34. The molecule has 7 heteroatoms. The third-order valence-electron chi connectivity index (χ3n) is 3.16. The molecule has 2 aromatic heterocycles. The normalized spacial score (nSPS) is 23.6. The van der Waals surface area contributed by atoms with Crippen LogP contribution in [0, 0.1) is 5.92 Å². The third-order valence-corrected chi connectivity index (χ3v) is 3.51. The van der Waals surface area contributed by atoms with Gasteiger partial charge >= 0.3 is 0 Å². The van der Waals surface area contributed by atoms with Gasteiger partial charge in [-0.2, -0.15) is 0 Å². The number of nitrogens with zero attached hydrogens (tertiary/aromatic N) is 6. The van der Waals surface area contributed by atoms with Gasteiger partial charge in [0.2, 0.25) is 0 Å². The highest BCUT2D eigenvalue weighted by Gasteiger charge is 2.28. The van der Waals surface area contributed by atoms with Crippen molar-refractivity contribution in [2.75, 3.05) is 18.5 Å². The fourth-order valence-electron chi connectivity index (χ4n) is 2.13. The van der Waals surface area contributed by atoms with E-state index in [0.29, 0.717) is 16.9 Å². The number of alkyl halides is 1. The molecule has 6 nitrogen and oxygen atoms in total. The fourth-order valence-corrected chi connectivity index (χ4v) is 2.63. The second-order valence-corrected chi connectivity index (χ2v) is 5.15. The lowest BCUT2D eigenvalue weighted by Crippen LogP contribution is -2.35. The molecule has 90 valence electrons. The topological polar surface area (TPSA) is 59.2 Å². The molecule has 0 atom stereocenters. The zero-order valence-electron chi connectivity index (χ0n) is 9.49. The van der Waals surface area contributed by atoms with Gasteiger partial charge in [-0.3, -0.25) is 0 Å². The van der Waals surface area contributed by atoms with E-state index in [1.165, 1.54) is 4.63 Å². The number of hydrogen-bond donors (Lipinski definition) is 0. The monoisotopic (exact) mass is 252 g/mol. The van der Waals surface area contributed by atoms with Crippen LogP contribution in [0.4, 0.5) is 5.82 Å². The van der Waals surface area contributed by atoms with Crippen LogP contribution in [0.15, 0.2) is 12.1 Å². The van der Waals surface area contributed by atoms with Crippen LogP contribution in [0.25, 0.3) is 5.65 Å². The molecule has 0 bridgehead atoms. The average molecular weight is 253 g/mol. The number of rotatable bonds is 3. The molecule has 0 radical (unpaired) electrons. The summed E-state index contributed by atoms with van der Waals surface area (Å²) in [6.45, 7) is 0.976. The fraction of sp³-hybridized carbons (Fsp3) is 0.600. The Balaban J connectivity index is 1.73. The molecule has 0 spiro atoms. The first-order valence-electron chi connectivity index (χ1n) is 5.63. The molecule has 1 aliphatic rings. The maximum Gasteiger partial charge on any atom is 0.200 e. The van der Waals surface area contributed by atoms with Crippen molar-refractivity contribution in [3.8, 4) is 0 Å². The molecule has 0 aromatic carbocycles. The summed E-state index contributed by atoms with van der Waals surface area (Å²) in [6.07, 6.45) is 2.19. The Morgan fingerprint density at radius 3 is 3.06 bits per heavy atom. The highest BCUT2D eigenvalue weighted by atomic mass is 35.5. The first kappa shape index (κ1) is 10.7. The van der Waals surface area contributed by atoms with Crippen molar-refractivity contribution >= 4 is 23.1 Å². The minimum absolute atomic E-state index is 0.364. The van der Waals surface area contributed by atoms with Gasteiger partial charge in [0.05, 0.1) is 0 Å². The summed E-state index contributed by atoms with van der Waals surface area (Å²) < 4.78 is 1.44. The lowest BCUT2D eigenvalue weighted by atomic mass is 9.84. The van der Waals surface area contributed by atoms with Crippen molar-refractivity contribution in [2.24, 2.45) is 5.92 Å². The average Bonchev–Trinajstić information content (AvgIpc) is 2.73. The largest absolute Gasteiger partial charge is 0.358 e. The van der Waals surface area contributed by atoms with E-state index in [1.54, 1.807) is 0 Å². The number of tetrazole rings is 1. The van der Waals surface area contributed by atoms with Crippen molar-refractivity contribution in [1.29, 1.82) is 0 Å². The van der Waals surface area contributed by atoms with Gasteiger partial charge in [0.15, 0.2) is 11.5 Å². The van der Waals surface area contributed by atoms with Crippen molar-refractivity contribution < 1.29 is 0 Å². The summed E-state index contributed by atoms with van der Waals surface area (Å²) in [4.78, 5) is 2.12. The summed E-state index contributed by atoms with van der Waals surface area (Å²) >= 11 is 5.97. The van der Waals surface area contributed by atoms with E-state index in [-0.39, 0.29) is 0 Å². The minimum atomic E-state index is 0.364. The second kappa shape index (κ2) is 4.10. The maximum atomic E-state index is 5.97. The number of halogens is 1. The quantitative estimate of drug-likeness (QED) is 0.762. The van der Waals surface area contributed by atoms with Gasteiger partial charge in [-0.05, 0) is 41.3 Å². The molecular formula is C10H13ClN6. The number of aromatic nitrogens is 5. The third kappa shape index (κ3) is 2.04. The molecule has 1 saturated carbocycles. The van der Waals surface area contributed by atoms with Gasteiger partial charge in [-0.15, -0.1) is 26.4 Å². The van der Waals surface area contributed by atoms with Gasteiger partial charge < -0.3 is 4.90 Å². The zero-order valence-corrected chi connectivity index (χ0v) is 10.2. The van der Waals surface area contributed by atoms with E-state index in [1.807, 2.05) is 19.2 Å². The lowest BCUT2D eigenvalue weighted by molar-refractivity contribution is 0.328. The number of anilines is 1. The van der Waals surface area contributed by atoms with Gasteiger partial charge in [-0.25, -0.2) is 0 Å². The molecule has 0 saturated heterocycles. The first-order chi connectivity index (χ1) is 8.22. The van der Waals surface area contributed by atoms with E-state index >= 15 is 0 Å². The Bertz CT molecular complexity index is 520. The van der Waals surface area contributed by atoms with Crippen LogP contribution in [0.5, 0.6) is 0 Å². The summed E-state index contributed by atoms with van der Waals surface area (Å²) in [5.74, 6) is 1.55. The molecule has 17 heavy (non-hydrogen) atoms. The minimum Gasteiger partial charge on any atom is -0.358 e.